The highest BCUT2D eigenvalue weighted by atomic mass is 32.2. The fourth-order valence-electron chi connectivity index (χ4n) is 1.43. The molecule has 1 heterocycles. The fraction of sp³-hybridized carbons (Fsp3) is 0.167. The molecule has 0 aliphatic rings. The Kier molecular flexibility index (Phi) is 3.02. The molecule has 0 bridgehead atoms. The van der Waals surface area contributed by atoms with Crippen molar-refractivity contribution in [1.29, 1.82) is 0 Å². The van der Waals surface area contributed by atoms with E-state index in [2.05, 4.69) is 29.3 Å². The Balaban J connectivity index is 2.42. The van der Waals surface area contributed by atoms with E-state index in [0.717, 1.165) is 16.3 Å². The average molecular weight is 216 g/mol. The summed E-state index contributed by atoms with van der Waals surface area (Å²) in [7, 11) is 0. The maximum atomic E-state index is 4.21. The Bertz CT molecular complexity index is 451. The van der Waals surface area contributed by atoms with Crippen LogP contribution in [-0.2, 0) is 0 Å². The van der Waals surface area contributed by atoms with Crippen LogP contribution in [0.1, 0.15) is 5.56 Å². The van der Waals surface area contributed by atoms with E-state index in [1.165, 1.54) is 5.56 Å². The minimum atomic E-state index is 0.936. The standard InChI is InChI=1S/C12H12N2S/c1-9-5-3-4-6-10(9)11-7-8-12(15-2)14-13-11/h3-8H,1-2H3. The summed E-state index contributed by atoms with van der Waals surface area (Å²) in [5.41, 5.74) is 3.31. The zero-order chi connectivity index (χ0) is 10.7. The normalized spacial score (nSPS) is 10.3. The van der Waals surface area contributed by atoms with Gasteiger partial charge in [0.2, 0.25) is 0 Å². The molecule has 0 unspecified atom stereocenters. The van der Waals surface area contributed by atoms with Crippen molar-refractivity contribution in [3.05, 3.63) is 42.0 Å². The topological polar surface area (TPSA) is 25.8 Å². The average Bonchev–Trinajstić information content (AvgIpc) is 2.30. The minimum absolute atomic E-state index is 0.936. The lowest BCUT2D eigenvalue weighted by Gasteiger charge is -2.03. The Hall–Kier alpha value is -1.35. The van der Waals surface area contributed by atoms with Crippen LogP contribution in [0.15, 0.2) is 41.4 Å². The van der Waals surface area contributed by atoms with Crippen molar-refractivity contribution >= 4 is 11.8 Å². The van der Waals surface area contributed by atoms with Gasteiger partial charge in [-0.2, -0.15) is 0 Å². The number of aryl methyl sites for hydroxylation is 1. The van der Waals surface area contributed by atoms with E-state index in [1.807, 2.05) is 30.5 Å². The van der Waals surface area contributed by atoms with Crippen LogP contribution >= 0.6 is 11.8 Å². The second-order valence-electron chi connectivity index (χ2n) is 3.28. The van der Waals surface area contributed by atoms with Gasteiger partial charge in [0.05, 0.1) is 5.69 Å². The molecule has 2 aromatic rings. The van der Waals surface area contributed by atoms with Gasteiger partial charge < -0.3 is 0 Å². The summed E-state index contributed by atoms with van der Waals surface area (Å²) in [6.07, 6.45) is 2.00. The molecule has 2 rings (SSSR count). The number of nitrogens with zero attached hydrogens (tertiary/aromatic N) is 2. The first-order chi connectivity index (χ1) is 7.31. The molecule has 0 fully saturated rings. The molecule has 0 aliphatic heterocycles. The summed E-state index contributed by atoms with van der Waals surface area (Å²) in [5.74, 6) is 0. The van der Waals surface area contributed by atoms with Crippen LogP contribution in [0.2, 0.25) is 0 Å². The van der Waals surface area contributed by atoms with Crippen LogP contribution in [0, 0.1) is 6.92 Å². The van der Waals surface area contributed by atoms with Crippen molar-refractivity contribution in [2.75, 3.05) is 6.26 Å². The van der Waals surface area contributed by atoms with Gasteiger partial charge in [-0.1, -0.05) is 24.3 Å². The molecule has 3 heteroatoms. The molecule has 15 heavy (non-hydrogen) atoms. The van der Waals surface area contributed by atoms with Crippen LogP contribution in [0.25, 0.3) is 11.3 Å². The zero-order valence-corrected chi connectivity index (χ0v) is 9.58. The summed E-state index contributed by atoms with van der Waals surface area (Å²) < 4.78 is 0. The molecule has 0 radical (unpaired) electrons. The second-order valence-corrected chi connectivity index (χ2v) is 4.10. The molecule has 0 spiro atoms. The summed E-state index contributed by atoms with van der Waals surface area (Å²) in [4.78, 5) is 0. The quantitative estimate of drug-likeness (QED) is 0.721. The van der Waals surface area contributed by atoms with E-state index in [4.69, 9.17) is 0 Å². The first kappa shape index (κ1) is 10.2. The van der Waals surface area contributed by atoms with Gasteiger partial charge in [-0.15, -0.1) is 22.0 Å². The summed E-state index contributed by atoms with van der Waals surface area (Å²) in [5, 5.41) is 9.29. The van der Waals surface area contributed by atoms with E-state index < -0.39 is 0 Å². The van der Waals surface area contributed by atoms with Crippen molar-refractivity contribution in [2.45, 2.75) is 11.9 Å². The second kappa shape index (κ2) is 4.45. The highest BCUT2D eigenvalue weighted by Crippen LogP contribution is 2.21. The number of thioether (sulfide) groups is 1. The van der Waals surface area contributed by atoms with Gasteiger partial charge in [-0.05, 0) is 30.9 Å². The van der Waals surface area contributed by atoms with Crippen molar-refractivity contribution in [3.8, 4) is 11.3 Å². The first-order valence-electron chi connectivity index (χ1n) is 4.75. The van der Waals surface area contributed by atoms with Gasteiger partial charge in [-0.25, -0.2) is 0 Å². The lowest BCUT2D eigenvalue weighted by Crippen LogP contribution is -1.90. The van der Waals surface area contributed by atoms with Crippen LogP contribution in [0.3, 0.4) is 0 Å². The van der Waals surface area contributed by atoms with Gasteiger partial charge in [-0.3, -0.25) is 0 Å². The van der Waals surface area contributed by atoms with Crippen molar-refractivity contribution in [1.82, 2.24) is 10.2 Å². The maximum Gasteiger partial charge on any atom is 0.119 e. The van der Waals surface area contributed by atoms with Crippen LogP contribution in [-0.4, -0.2) is 16.5 Å². The van der Waals surface area contributed by atoms with Gasteiger partial charge >= 0.3 is 0 Å². The van der Waals surface area contributed by atoms with Gasteiger partial charge in [0.1, 0.15) is 5.03 Å². The summed E-state index contributed by atoms with van der Waals surface area (Å²) >= 11 is 1.60. The number of hydrogen-bond acceptors (Lipinski definition) is 3. The van der Waals surface area contributed by atoms with Crippen molar-refractivity contribution in [2.24, 2.45) is 0 Å². The largest absolute Gasteiger partial charge is 0.149 e. The molecule has 0 atom stereocenters. The molecular formula is C12H12N2S. The highest BCUT2D eigenvalue weighted by molar-refractivity contribution is 7.98. The number of hydrogen-bond donors (Lipinski definition) is 0. The molecule has 76 valence electrons. The molecule has 0 amide bonds. The molecule has 1 aromatic heterocycles. The van der Waals surface area contributed by atoms with E-state index in [9.17, 15) is 0 Å². The number of aromatic nitrogens is 2. The summed E-state index contributed by atoms with van der Waals surface area (Å²) in [6, 6.07) is 12.2. The Morgan fingerprint density at radius 2 is 1.80 bits per heavy atom. The smallest absolute Gasteiger partial charge is 0.119 e. The molecular weight excluding hydrogens is 204 g/mol. The lowest BCUT2D eigenvalue weighted by molar-refractivity contribution is 0.936. The van der Waals surface area contributed by atoms with Crippen molar-refractivity contribution in [3.63, 3.8) is 0 Å². The van der Waals surface area contributed by atoms with Crippen LogP contribution < -0.4 is 0 Å². The Morgan fingerprint density at radius 3 is 2.40 bits per heavy atom. The van der Waals surface area contributed by atoms with E-state index in [0.29, 0.717) is 0 Å². The number of rotatable bonds is 2. The summed E-state index contributed by atoms with van der Waals surface area (Å²) in [6.45, 7) is 2.08. The third-order valence-corrected chi connectivity index (χ3v) is 2.91. The number of benzene rings is 1. The highest BCUT2D eigenvalue weighted by Gasteiger charge is 2.02. The molecule has 1 aromatic carbocycles. The van der Waals surface area contributed by atoms with Gasteiger partial charge in [0.15, 0.2) is 0 Å². The molecule has 0 saturated carbocycles. The van der Waals surface area contributed by atoms with Crippen molar-refractivity contribution < 1.29 is 0 Å². The third-order valence-electron chi connectivity index (χ3n) is 2.27. The van der Waals surface area contributed by atoms with Gasteiger partial charge in [0, 0.05) is 5.56 Å². The maximum absolute atomic E-state index is 4.21. The molecule has 0 N–H and O–H groups in total. The van der Waals surface area contributed by atoms with Gasteiger partial charge in [0.25, 0.3) is 0 Å². The molecule has 0 saturated heterocycles. The zero-order valence-electron chi connectivity index (χ0n) is 8.77. The molecule has 2 nitrogen and oxygen atoms in total. The van der Waals surface area contributed by atoms with Crippen LogP contribution in [0.4, 0.5) is 0 Å². The van der Waals surface area contributed by atoms with E-state index in [1.54, 1.807) is 11.8 Å². The predicted molar refractivity (Wildman–Crippen MR) is 64.0 cm³/mol. The third kappa shape index (κ3) is 2.18. The minimum Gasteiger partial charge on any atom is -0.149 e. The first-order valence-corrected chi connectivity index (χ1v) is 5.97. The van der Waals surface area contributed by atoms with E-state index >= 15 is 0 Å². The van der Waals surface area contributed by atoms with Crippen LogP contribution in [0.5, 0.6) is 0 Å². The fourth-order valence-corrected chi connectivity index (χ4v) is 1.76. The Labute approximate surface area is 93.7 Å². The molecule has 0 aliphatic carbocycles. The lowest BCUT2D eigenvalue weighted by atomic mass is 10.1. The monoisotopic (exact) mass is 216 g/mol. The Morgan fingerprint density at radius 1 is 1.00 bits per heavy atom. The SMILES string of the molecule is CSc1ccc(-c2ccccc2C)nn1. The van der Waals surface area contributed by atoms with E-state index in [-0.39, 0.29) is 0 Å². The predicted octanol–water partition coefficient (Wildman–Crippen LogP) is 3.17.